The maximum atomic E-state index is 12.7. The summed E-state index contributed by atoms with van der Waals surface area (Å²) in [7, 11) is 1.92. The molecule has 1 heterocycles. The smallest absolute Gasteiger partial charge is 0.233 e. The quantitative estimate of drug-likeness (QED) is 0.739. The molecule has 7 heteroatoms. The Morgan fingerprint density at radius 1 is 1.26 bits per heavy atom. The van der Waals surface area contributed by atoms with E-state index in [9.17, 15) is 4.79 Å². The van der Waals surface area contributed by atoms with E-state index >= 15 is 0 Å². The summed E-state index contributed by atoms with van der Waals surface area (Å²) in [5, 5.41) is 13.0. The molecule has 0 saturated heterocycles. The van der Waals surface area contributed by atoms with Gasteiger partial charge in [-0.05, 0) is 49.4 Å². The van der Waals surface area contributed by atoms with Gasteiger partial charge in [0.05, 0.1) is 5.25 Å². The lowest BCUT2D eigenvalue weighted by molar-refractivity contribution is -0.121. The molecule has 2 aromatic rings. The van der Waals surface area contributed by atoms with Gasteiger partial charge in [0.2, 0.25) is 5.91 Å². The normalized spacial score (nSPS) is 23.8. The van der Waals surface area contributed by atoms with Crippen molar-refractivity contribution in [3.8, 4) is 11.4 Å². The Kier molecular flexibility index (Phi) is 6.48. The van der Waals surface area contributed by atoms with Gasteiger partial charge in [-0.25, -0.2) is 0 Å². The number of rotatable bonds is 5. The molecule has 1 aromatic carbocycles. The molecular formula is C20H27ClN4OS. The molecule has 27 heavy (non-hydrogen) atoms. The van der Waals surface area contributed by atoms with Crippen molar-refractivity contribution >= 4 is 29.3 Å². The number of hydrogen-bond acceptors (Lipinski definition) is 4. The first kappa shape index (κ1) is 20.2. The number of aromatic nitrogens is 3. The second kappa shape index (κ2) is 8.65. The van der Waals surface area contributed by atoms with E-state index in [1.54, 1.807) is 0 Å². The molecule has 1 fully saturated rings. The Hall–Kier alpha value is -1.53. The molecule has 1 N–H and O–H groups in total. The summed E-state index contributed by atoms with van der Waals surface area (Å²) >= 11 is 7.39. The Morgan fingerprint density at radius 3 is 2.67 bits per heavy atom. The highest BCUT2D eigenvalue weighted by molar-refractivity contribution is 8.00. The minimum atomic E-state index is -0.226. The first-order valence-electron chi connectivity index (χ1n) is 9.49. The molecule has 0 radical (unpaired) electrons. The predicted octanol–water partition coefficient (Wildman–Crippen LogP) is 4.56. The lowest BCUT2D eigenvalue weighted by Crippen LogP contribution is -2.46. The van der Waals surface area contributed by atoms with Crippen LogP contribution in [-0.2, 0) is 11.8 Å². The highest BCUT2D eigenvalue weighted by atomic mass is 35.5. The Morgan fingerprint density at radius 2 is 1.96 bits per heavy atom. The van der Waals surface area contributed by atoms with Crippen LogP contribution in [0.15, 0.2) is 29.4 Å². The molecular weight excluding hydrogens is 380 g/mol. The standard InChI is InChI=1S/C20H27ClN4OS/c1-12-6-5-7-17(13(12)2)22-19(26)14(3)27-20-24-23-18(25(20)4)15-8-10-16(21)11-9-15/h8-14,17H,5-7H2,1-4H3,(H,22,26)/t12-,13+,14+,17-/m0/s1. The monoisotopic (exact) mass is 406 g/mol. The molecule has 1 saturated carbocycles. The van der Waals surface area contributed by atoms with E-state index in [0.29, 0.717) is 16.9 Å². The van der Waals surface area contributed by atoms with E-state index < -0.39 is 0 Å². The van der Waals surface area contributed by atoms with Gasteiger partial charge in [-0.3, -0.25) is 4.79 Å². The first-order valence-corrected chi connectivity index (χ1v) is 10.7. The summed E-state index contributed by atoms with van der Waals surface area (Å²) in [5.74, 6) is 2.01. The molecule has 0 unspecified atom stereocenters. The van der Waals surface area contributed by atoms with Gasteiger partial charge in [0.15, 0.2) is 11.0 Å². The molecule has 0 aliphatic heterocycles. The Balaban J connectivity index is 1.64. The molecule has 1 aliphatic carbocycles. The molecule has 1 aromatic heterocycles. The Labute approximate surface area is 170 Å². The third kappa shape index (κ3) is 4.66. The molecule has 5 nitrogen and oxygen atoms in total. The van der Waals surface area contributed by atoms with Crippen LogP contribution in [-0.4, -0.2) is 32.0 Å². The number of halogens is 1. The van der Waals surface area contributed by atoms with E-state index in [2.05, 4.69) is 29.4 Å². The number of carbonyl (C=O) groups is 1. The summed E-state index contributed by atoms with van der Waals surface area (Å²) in [6.45, 7) is 6.44. The summed E-state index contributed by atoms with van der Waals surface area (Å²) in [5.41, 5.74) is 0.948. The van der Waals surface area contributed by atoms with Crippen LogP contribution in [0.3, 0.4) is 0 Å². The van der Waals surface area contributed by atoms with E-state index in [1.807, 2.05) is 42.8 Å². The van der Waals surface area contributed by atoms with E-state index in [4.69, 9.17) is 11.6 Å². The van der Waals surface area contributed by atoms with Gasteiger partial charge < -0.3 is 9.88 Å². The van der Waals surface area contributed by atoms with Gasteiger partial charge in [0, 0.05) is 23.7 Å². The van der Waals surface area contributed by atoms with Crippen LogP contribution in [0.25, 0.3) is 11.4 Å². The second-order valence-electron chi connectivity index (χ2n) is 7.51. The van der Waals surface area contributed by atoms with Crippen molar-refractivity contribution in [2.45, 2.75) is 56.5 Å². The second-order valence-corrected chi connectivity index (χ2v) is 9.26. The van der Waals surface area contributed by atoms with Crippen molar-refractivity contribution in [3.05, 3.63) is 29.3 Å². The lowest BCUT2D eigenvalue weighted by atomic mass is 9.78. The zero-order chi connectivity index (χ0) is 19.6. The first-order chi connectivity index (χ1) is 12.9. The van der Waals surface area contributed by atoms with Gasteiger partial charge in [-0.15, -0.1) is 10.2 Å². The van der Waals surface area contributed by atoms with Crippen molar-refractivity contribution < 1.29 is 4.79 Å². The summed E-state index contributed by atoms with van der Waals surface area (Å²) < 4.78 is 1.92. The lowest BCUT2D eigenvalue weighted by Gasteiger charge is -2.35. The van der Waals surface area contributed by atoms with Crippen molar-refractivity contribution in [2.24, 2.45) is 18.9 Å². The van der Waals surface area contributed by atoms with Crippen LogP contribution in [0.1, 0.15) is 40.0 Å². The maximum Gasteiger partial charge on any atom is 0.233 e. The molecule has 0 bridgehead atoms. The minimum absolute atomic E-state index is 0.0713. The van der Waals surface area contributed by atoms with Crippen molar-refractivity contribution in [2.75, 3.05) is 0 Å². The van der Waals surface area contributed by atoms with Crippen LogP contribution in [0.2, 0.25) is 5.02 Å². The molecule has 0 spiro atoms. The van der Waals surface area contributed by atoms with Crippen molar-refractivity contribution in [3.63, 3.8) is 0 Å². The fraction of sp³-hybridized carbons (Fsp3) is 0.550. The zero-order valence-electron chi connectivity index (χ0n) is 16.3. The molecule has 1 aliphatic rings. The summed E-state index contributed by atoms with van der Waals surface area (Å²) in [6, 6.07) is 7.78. The highest BCUT2D eigenvalue weighted by Crippen LogP contribution is 2.31. The zero-order valence-corrected chi connectivity index (χ0v) is 17.8. The van der Waals surface area contributed by atoms with Gasteiger partial charge in [-0.1, -0.05) is 50.1 Å². The van der Waals surface area contributed by atoms with Gasteiger partial charge in [0.25, 0.3) is 0 Å². The summed E-state index contributed by atoms with van der Waals surface area (Å²) in [4.78, 5) is 12.7. The van der Waals surface area contributed by atoms with Crippen LogP contribution in [0, 0.1) is 11.8 Å². The molecule has 1 amide bonds. The van der Waals surface area contributed by atoms with Crippen molar-refractivity contribution in [1.29, 1.82) is 0 Å². The van der Waals surface area contributed by atoms with Crippen LogP contribution >= 0.6 is 23.4 Å². The average molecular weight is 407 g/mol. The summed E-state index contributed by atoms with van der Waals surface area (Å²) in [6.07, 6.45) is 3.51. The molecule has 3 rings (SSSR count). The van der Waals surface area contributed by atoms with Gasteiger partial charge in [-0.2, -0.15) is 0 Å². The minimum Gasteiger partial charge on any atom is -0.352 e. The highest BCUT2D eigenvalue weighted by Gasteiger charge is 2.30. The van der Waals surface area contributed by atoms with Crippen LogP contribution in [0.5, 0.6) is 0 Å². The number of amides is 1. The van der Waals surface area contributed by atoms with Crippen LogP contribution < -0.4 is 5.32 Å². The molecule has 4 atom stereocenters. The maximum absolute atomic E-state index is 12.7. The van der Waals surface area contributed by atoms with Crippen molar-refractivity contribution in [1.82, 2.24) is 20.1 Å². The van der Waals surface area contributed by atoms with Crippen LogP contribution in [0.4, 0.5) is 0 Å². The molecule has 146 valence electrons. The van der Waals surface area contributed by atoms with E-state index in [-0.39, 0.29) is 17.2 Å². The third-order valence-corrected chi connectivity index (χ3v) is 7.01. The SMILES string of the molecule is C[C@H]1[C@@H](NC(=O)[C@@H](C)Sc2nnc(-c3ccc(Cl)cc3)n2C)CCC[C@@H]1C. The number of thioether (sulfide) groups is 1. The predicted molar refractivity (Wildman–Crippen MR) is 111 cm³/mol. The topological polar surface area (TPSA) is 59.8 Å². The average Bonchev–Trinajstić information content (AvgIpc) is 3.00. The number of nitrogens with zero attached hydrogens (tertiary/aromatic N) is 3. The largest absolute Gasteiger partial charge is 0.352 e. The number of hydrogen-bond donors (Lipinski definition) is 1. The third-order valence-electron chi connectivity index (χ3n) is 5.62. The number of nitrogens with one attached hydrogen (secondary N) is 1. The fourth-order valence-corrected chi connectivity index (χ4v) is 4.52. The Bertz CT molecular complexity index is 792. The number of benzene rings is 1. The van der Waals surface area contributed by atoms with Gasteiger partial charge in [0.1, 0.15) is 0 Å². The fourth-order valence-electron chi connectivity index (χ4n) is 3.57. The van der Waals surface area contributed by atoms with E-state index in [0.717, 1.165) is 23.0 Å². The number of carbonyl (C=O) groups excluding carboxylic acids is 1. The van der Waals surface area contributed by atoms with E-state index in [1.165, 1.54) is 24.6 Å². The van der Waals surface area contributed by atoms with Gasteiger partial charge >= 0.3 is 0 Å².